The largest absolute Gasteiger partial charge is 0.417 e. The normalized spacial score (nSPS) is 20.5. The number of nitrogens with one attached hydrogen (secondary N) is 1. The Bertz CT molecular complexity index is 1050. The van der Waals surface area contributed by atoms with Crippen molar-refractivity contribution in [3.05, 3.63) is 36.4 Å². The van der Waals surface area contributed by atoms with Crippen LogP contribution in [0, 0.1) is 11.8 Å². The number of sulfonamides is 1. The van der Waals surface area contributed by atoms with Crippen molar-refractivity contribution in [3.8, 4) is 0 Å². The fraction of sp³-hybridized carbons (Fsp3) is 0.526. The number of halogens is 3. The molecular weight excluding hydrogens is 435 g/mol. The maximum absolute atomic E-state index is 13.0. The van der Waals surface area contributed by atoms with Gasteiger partial charge >= 0.3 is 6.18 Å². The number of alkyl halides is 3. The zero-order chi connectivity index (χ0) is 22.2. The van der Waals surface area contributed by atoms with Crippen molar-refractivity contribution in [1.29, 1.82) is 0 Å². The molecule has 1 atom stereocenters. The lowest BCUT2D eigenvalue weighted by molar-refractivity contribution is -0.137. The summed E-state index contributed by atoms with van der Waals surface area (Å²) in [4.78, 5) is 20.2. The Hall–Kier alpha value is -2.47. The molecule has 0 bridgehead atoms. The number of rotatable bonds is 6. The van der Waals surface area contributed by atoms with Crippen LogP contribution in [0.2, 0.25) is 0 Å². The van der Waals surface area contributed by atoms with E-state index < -0.39 is 33.6 Å². The van der Waals surface area contributed by atoms with E-state index in [1.54, 1.807) is 4.57 Å². The molecule has 1 saturated heterocycles. The first-order valence-corrected chi connectivity index (χ1v) is 11.4. The molecule has 2 aliphatic rings. The Morgan fingerprint density at radius 3 is 2.61 bits per heavy atom. The van der Waals surface area contributed by atoms with Gasteiger partial charge in [-0.25, -0.2) is 18.4 Å². The second-order valence-electron chi connectivity index (χ2n) is 7.97. The summed E-state index contributed by atoms with van der Waals surface area (Å²) in [5, 5.41) is 2.43. The van der Waals surface area contributed by atoms with Gasteiger partial charge in [-0.3, -0.25) is 4.79 Å². The second-order valence-corrected chi connectivity index (χ2v) is 9.86. The average molecular weight is 457 g/mol. The molecule has 1 N–H and O–H groups in total. The van der Waals surface area contributed by atoms with Crippen molar-refractivity contribution in [2.75, 3.05) is 18.4 Å². The lowest BCUT2D eigenvalue weighted by Gasteiger charge is -2.30. The molecule has 0 spiro atoms. The fourth-order valence-electron chi connectivity index (χ4n) is 3.54. The minimum absolute atomic E-state index is 0.0169. The molecular formula is C19H22F3N5O3S. The fourth-order valence-corrected chi connectivity index (χ4v) is 5.00. The number of carbonyl (C=O) groups excluding carboxylic acids is 1. The van der Waals surface area contributed by atoms with Crippen LogP contribution in [0.1, 0.15) is 31.2 Å². The molecule has 12 heteroatoms. The van der Waals surface area contributed by atoms with Crippen molar-refractivity contribution in [2.24, 2.45) is 11.8 Å². The smallest absolute Gasteiger partial charge is 0.336 e. The molecule has 0 aromatic carbocycles. The van der Waals surface area contributed by atoms with Crippen LogP contribution >= 0.6 is 0 Å². The van der Waals surface area contributed by atoms with Crippen LogP contribution in [0.25, 0.3) is 0 Å². The van der Waals surface area contributed by atoms with Gasteiger partial charge in [-0.2, -0.15) is 17.5 Å². The molecule has 2 fully saturated rings. The number of imidazole rings is 1. The van der Waals surface area contributed by atoms with Crippen molar-refractivity contribution >= 4 is 21.7 Å². The monoisotopic (exact) mass is 457 g/mol. The summed E-state index contributed by atoms with van der Waals surface area (Å²) in [5.74, 6) is -0.559. The summed E-state index contributed by atoms with van der Waals surface area (Å²) in [7, 11) is -3.84. The van der Waals surface area contributed by atoms with Crippen LogP contribution in [-0.4, -0.2) is 46.3 Å². The molecule has 1 saturated carbocycles. The summed E-state index contributed by atoms with van der Waals surface area (Å²) < 4.78 is 66.8. The third-order valence-electron chi connectivity index (χ3n) is 5.48. The second kappa shape index (κ2) is 8.23. The molecule has 1 aliphatic carbocycles. The molecule has 0 unspecified atom stereocenters. The number of aromatic nitrogens is 3. The lowest BCUT2D eigenvalue weighted by Crippen LogP contribution is -2.43. The average Bonchev–Trinajstić information content (AvgIpc) is 3.41. The quantitative estimate of drug-likeness (QED) is 0.720. The Balaban J connectivity index is 1.40. The van der Waals surface area contributed by atoms with Crippen LogP contribution in [0.5, 0.6) is 0 Å². The van der Waals surface area contributed by atoms with Gasteiger partial charge in [0.2, 0.25) is 5.91 Å². The van der Waals surface area contributed by atoms with Gasteiger partial charge in [0.05, 0.1) is 17.8 Å². The molecule has 31 heavy (non-hydrogen) atoms. The maximum atomic E-state index is 13.0. The number of anilines is 1. The highest BCUT2D eigenvalue weighted by atomic mass is 32.2. The summed E-state index contributed by atoms with van der Waals surface area (Å²) in [6.45, 7) is 0.998. The minimum atomic E-state index is -4.51. The van der Waals surface area contributed by atoms with E-state index in [1.807, 2.05) is 0 Å². The maximum Gasteiger partial charge on any atom is 0.417 e. The van der Waals surface area contributed by atoms with Gasteiger partial charge in [0.15, 0.2) is 5.03 Å². The van der Waals surface area contributed by atoms with E-state index >= 15 is 0 Å². The van der Waals surface area contributed by atoms with Gasteiger partial charge in [-0.1, -0.05) is 0 Å². The Labute approximate surface area is 177 Å². The number of carbonyl (C=O) groups is 1. The first kappa shape index (κ1) is 21.8. The van der Waals surface area contributed by atoms with E-state index in [-0.39, 0.29) is 23.9 Å². The van der Waals surface area contributed by atoms with Crippen molar-refractivity contribution in [3.63, 3.8) is 0 Å². The van der Waals surface area contributed by atoms with Gasteiger partial charge in [-0.05, 0) is 43.7 Å². The predicted octanol–water partition coefficient (Wildman–Crippen LogP) is 2.75. The molecule has 0 radical (unpaired) electrons. The lowest BCUT2D eigenvalue weighted by atomic mass is 9.99. The van der Waals surface area contributed by atoms with Crippen molar-refractivity contribution in [1.82, 2.24) is 18.8 Å². The molecule has 1 amide bonds. The van der Waals surface area contributed by atoms with E-state index in [0.717, 1.165) is 31.5 Å². The van der Waals surface area contributed by atoms with Gasteiger partial charge in [0.1, 0.15) is 5.82 Å². The molecule has 3 heterocycles. The first-order chi connectivity index (χ1) is 14.6. The standard InChI is InChI=1S/C19H22F3N5O3S/c20-19(21,22)15-5-6-16(23-8-15)25-18(28)14-2-1-7-27(10-14)31(29,30)17-11-26(12-24-17)9-13-3-4-13/h5-6,8,11-14H,1-4,7,9-10H2,(H,23,25,28)/t14-/m1/s1. The topological polar surface area (TPSA) is 97.2 Å². The Morgan fingerprint density at radius 2 is 1.97 bits per heavy atom. The van der Waals surface area contributed by atoms with E-state index in [4.69, 9.17) is 0 Å². The highest BCUT2D eigenvalue weighted by Gasteiger charge is 2.35. The Morgan fingerprint density at radius 1 is 1.19 bits per heavy atom. The molecule has 2 aromatic rings. The molecule has 2 aromatic heterocycles. The van der Waals surface area contributed by atoms with E-state index in [1.165, 1.54) is 16.8 Å². The number of piperidine rings is 1. The molecule has 4 rings (SSSR count). The number of hydrogen-bond acceptors (Lipinski definition) is 5. The van der Waals surface area contributed by atoms with Gasteiger partial charge < -0.3 is 9.88 Å². The highest BCUT2D eigenvalue weighted by Crippen LogP contribution is 2.31. The summed E-state index contributed by atoms with van der Waals surface area (Å²) in [6, 6.07) is 1.91. The van der Waals surface area contributed by atoms with E-state index in [0.29, 0.717) is 25.0 Å². The molecule has 8 nitrogen and oxygen atoms in total. The highest BCUT2D eigenvalue weighted by molar-refractivity contribution is 7.89. The summed E-state index contributed by atoms with van der Waals surface area (Å²) >= 11 is 0. The van der Waals surface area contributed by atoms with E-state index in [2.05, 4.69) is 15.3 Å². The molecule has 1 aliphatic heterocycles. The van der Waals surface area contributed by atoms with Crippen molar-refractivity contribution in [2.45, 2.75) is 43.4 Å². The zero-order valence-electron chi connectivity index (χ0n) is 16.5. The number of pyridine rings is 1. The first-order valence-electron chi connectivity index (χ1n) is 9.99. The summed E-state index contributed by atoms with van der Waals surface area (Å²) in [6.07, 6.45) is 2.38. The molecule has 168 valence electrons. The van der Waals surface area contributed by atoms with Crippen LogP contribution in [-0.2, 0) is 27.5 Å². The zero-order valence-corrected chi connectivity index (χ0v) is 17.4. The van der Waals surface area contributed by atoms with Crippen LogP contribution in [0.15, 0.2) is 35.9 Å². The third-order valence-corrected chi connectivity index (χ3v) is 7.23. The number of amides is 1. The Kier molecular flexibility index (Phi) is 5.77. The van der Waals surface area contributed by atoms with Gasteiger partial charge in [-0.15, -0.1) is 0 Å². The summed E-state index contributed by atoms with van der Waals surface area (Å²) in [5.41, 5.74) is -0.915. The van der Waals surface area contributed by atoms with Crippen LogP contribution < -0.4 is 5.32 Å². The van der Waals surface area contributed by atoms with Crippen LogP contribution in [0.3, 0.4) is 0 Å². The van der Waals surface area contributed by atoms with Crippen LogP contribution in [0.4, 0.5) is 19.0 Å². The van der Waals surface area contributed by atoms with Gasteiger partial charge in [0.25, 0.3) is 10.0 Å². The SMILES string of the molecule is O=C(Nc1ccc(C(F)(F)F)cn1)[C@@H]1CCCN(S(=O)(=O)c2cn(CC3CC3)cn2)C1. The predicted molar refractivity (Wildman–Crippen MR) is 104 cm³/mol. The number of nitrogens with zero attached hydrogens (tertiary/aromatic N) is 4. The van der Waals surface area contributed by atoms with Gasteiger partial charge in [0, 0.05) is 32.0 Å². The van der Waals surface area contributed by atoms with E-state index in [9.17, 15) is 26.4 Å². The third kappa shape index (κ3) is 5.06. The minimum Gasteiger partial charge on any atom is -0.336 e. The van der Waals surface area contributed by atoms with Crippen molar-refractivity contribution < 1.29 is 26.4 Å². The number of hydrogen-bond donors (Lipinski definition) is 1.